The Balaban J connectivity index is 2.01. The summed E-state index contributed by atoms with van der Waals surface area (Å²) >= 11 is 0. The summed E-state index contributed by atoms with van der Waals surface area (Å²) in [6.07, 6.45) is 0.901. The van der Waals surface area contributed by atoms with E-state index in [1.807, 2.05) is 26.0 Å². The number of amides is 2. The predicted molar refractivity (Wildman–Crippen MR) is 94.9 cm³/mol. The highest BCUT2D eigenvalue weighted by Crippen LogP contribution is 2.27. The van der Waals surface area contributed by atoms with Crippen molar-refractivity contribution in [2.24, 2.45) is 0 Å². The molecular weight excluding hydrogens is 320 g/mol. The normalized spacial score (nSPS) is 10.0. The molecule has 2 amide bonds. The SMILES string of the molecule is CCOc1cc(C(=O)NNC(=O)c2ccc(CC)cc2)ccc1OC. The van der Waals surface area contributed by atoms with Gasteiger partial charge in [-0.2, -0.15) is 0 Å². The highest BCUT2D eigenvalue weighted by molar-refractivity contribution is 5.99. The van der Waals surface area contributed by atoms with Gasteiger partial charge in [0.05, 0.1) is 13.7 Å². The molecule has 0 atom stereocenters. The molecule has 0 saturated heterocycles. The lowest BCUT2D eigenvalue weighted by Crippen LogP contribution is -2.41. The molecule has 0 radical (unpaired) electrons. The minimum absolute atomic E-state index is 0.353. The van der Waals surface area contributed by atoms with E-state index in [4.69, 9.17) is 9.47 Å². The van der Waals surface area contributed by atoms with Gasteiger partial charge >= 0.3 is 0 Å². The number of rotatable bonds is 6. The number of aryl methyl sites for hydroxylation is 1. The first-order chi connectivity index (χ1) is 12.1. The van der Waals surface area contributed by atoms with Gasteiger partial charge in [-0.1, -0.05) is 19.1 Å². The zero-order chi connectivity index (χ0) is 18.2. The van der Waals surface area contributed by atoms with Gasteiger partial charge in [-0.25, -0.2) is 0 Å². The fourth-order valence-corrected chi connectivity index (χ4v) is 2.24. The van der Waals surface area contributed by atoms with Crippen molar-refractivity contribution < 1.29 is 19.1 Å². The van der Waals surface area contributed by atoms with Crippen LogP contribution >= 0.6 is 0 Å². The largest absolute Gasteiger partial charge is 0.493 e. The third-order valence-corrected chi connectivity index (χ3v) is 3.64. The number of nitrogens with one attached hydrogen (secondary N) is 2. The Morgan fingerprint density at radius 2 is 1.48 bits per heavy atom. The smallest absolute Gasteiger partial charge is 0.269 e. The third kappa shape index (κ3) is 4.73. The molecule has 0 unspecified atom stereocenters. The van der Waals surface area contributed by atoms with Crippen LogP contribution in [-0.2, 0) is 6.42 Å². The zero-order valence-electron chi connectivity index (χ0n) is 14.6. The fraction of sp³-hybridized carbons (Fsp3) is 0.263. The summed E-state index contributed by atoms with van der Waals surface area (Å²) in [4.78, 5) is 24.3. The van der Waals surface area contributed by atoms with Crippen LogP contribution in [0.5, 0.6) is 11.5 Å². The molecular formula is C19H22N2O4. The lowest BCUT2D eigenvalue weighted by molar-refractivity contribution is 0.0846. The van der Waals surface area contributed by atoms with E-state index >= 15 is 0 Å². The molecule has 0 saturated carbocycles. The Bertz CT molecular complexity index is 742. The number of hydrogen-bond acceptors (Lipinski definition) is 4. The first-order valence-corrected chi connectivity index (χ1v) is 8.09. The van der Waals surface area contributed by atoms with E-state index in [-0.39, 0.29) is 5.91 Å². The molecule has 2 rings (SSSR count). The van der Waals surface area contributed by atoms with Crippen molar-refractivity contribution in [3.05, 3.63) is 59.2 Å². The van der Waals surface area contributed by atoms with Crippen LogP contribution in [0.25, 0.3) is 0 Å². The Kier molecular flexibility index (Phi) is 6.39. The van der Waals surface area contributed by atoms with Crippen molar-refractivity contribution in [1.82, 2.24) is 10.9 Å². The molecule has 0 heterocycles. The van der Waals surface area contributed by atoms with Gasteiger partial charge in [-0.3, -0.25) is 20.4 Å². The van der Waals surface area contributed by atoms with Gasteiger partial charge in [0.1, 0.15) is 0 Å². The van der Waals surface area contributed by atoms with E-state index < -0.39 is 5.91 Å². The highest BCUT2D eigenvalue weighted by atomic mass is 16.5. The summed E-state index contributed by atoms with van der Waals surface area (Å²) in [7, 11) is 1.53. The van der Waals surface area contributed by atoms with Crippen molar-refractivity contribution in [3.8, 4) is 11.5 Å². The molecule has 0 aromatic heterocycles. The summed E-state index contributed by atoms with van der Waals surface area (Å²) in [5, 5.41) is 0. The van der Waals surface area contributed by atoms with E-state index in [1.54, 1.807) is 30.3 Å². The van der Waals surface area contributed by atoms with Crippen LogP contribution in [0.15, 0.2) is 42.5 Å². The zero-order valence-corrected chi connectivity index (χ0v) is 14.6. The van der Waals surface area contributed by atoms with Crippen molar-refractivity contribution in [2.45, 2.75) is 20.3 Å². The minimum Gasteiger partial charge on any atom is -0.493 e. The van der Waals surface area contributed by atoms with Crippen LogP contribution in [0.2, 0.25) is 0 Å². The van der Waals surface area contributed by atoms with Crippen molar-refractivity contribution in [1.29, 1.82) is 0 Å². The molecule has 2 aromatic rings. The summed E-state index contributed by atoms with van der Waals surface area (Å²) < 4.78 is 10.6. The molecule has 0 fully saturated rings. The molecule has 2 aromatic carbocycles. The van der Waals surface area contributed by atoms with Crippen molar-refractivity contribution >= 4 is 11.8 Å². The van der Waals surface area contributed by atoms with Gasteiger partial charge in [0.2, 0.25) is 0 Å². The average molecular weight is 342 g/mol. The van der Waals surface area contributed by atoms with Gasteiger partial charge in [0, 0.05) is 11.1 Å². The van der Waals surface area contributed by atoms with Crippen molar-refractivity contribution in [3.63, 3.8) is 0 Å². The molecule has 2 N–H and O–H groups in total. The fourth-order valence-electron chi connectivity index (χ4n) is 2.24. The molecule has 0 aliphatic carbocycles. The van der Waals surface area contributed by atoms with Crippen LogP contribution in [0.3, 0.4) is 0 Å². The number of hydrazine groups is 1. The highest BCUT2D eigenvalue weighted by Gasteiger charge is 2.12. The standard InChI is InChI=1S/C19H22N2O4/c1-4-13-6-8-14(9-7-13)18(22)20-21-19(23)15-10-11-16(24-3)17(12-15)25-5-2/h6-12H,4-5H2,1-3H3,(H,20,22)(H,21,23). The van der Waals surface area contributed by atoms with Gasteiger partial charge in [0.25, 0.3) is 11.8 Å². The van der Waals surface area contributed by atoms with E-state index in [1.165, 1.54) is 7.11 Å². The monoisotopic (exact) mass is 342 g/mol. The van der Waals surface area contributed by atoms with E-state index in [9.17, 15) is 9.59 Å². The Morgan fingerprint density at radius 3 is 2.04 bits per heavy atom. The summed E-state index contributed by atoms with van der Waals surface area (Å²) in [6, 6.07) is 12.0. The maximum atomic E-state index is 12.2. The maximum Gasteiger partial charge on any atom is 0.269 e. The van der Waals surface area contributed by atoms with Crippen LogP contribution in [0.4, 0.5) is 0 Å². The van der Waals surface area contributed by atoms with Gasteiger partial charge in [-0.05, 0) is 49.2 Å². The molecule has 25 heavy (non-hydrogen) atoms. The average Bonchev–Trinajstić information content (AvgIpc) is 2.66. The summed E-state index contributed by atoms with van der Waals surface area (Å²) in [5.74, 6) is 0.189. The Morgan fingerprint density at radius 1 is 0.880 bits per heavy atom. The maximum absolute atomic E-state index is 12.2. The van der Waals surface area contributed by atoms with Crippen LogP contribution < -0.4 is 20.3 Å². The second-order valence-electron chi connectivity index (χ2n) is 5.26. The number of methoxy groups -OCH3 is 1. The third-order valence-electron chi connectivity index (χ3n) is 3.64. The topological polar surface area (TPSA) is 76.7 Å². The lowest BCUT2D eigenvalue weighted by atomic mass is 10.1. The quantitative estimate of drug-likeness (QED) is 0.792. The number of benzene rings is 2. The lowest BCUT2D eigenvalue weighted by Gasteiger charge is -2.12. The molecule has 0 spiro atoms. The van der Waals surface area contributed by atoms with E-state index in [2.05, 4.69) is 10.9 Å². The Hall–Kier alpha value is -3.02. The second kappa shape index (κ2) is 8.73. The molecule has 0 bridgehead atoms. The Labute approximate surface area is 147 Å². The van der Waals surface area contributed by atoms with Gasteiger partial charge in [-0.15, -0.1) is 0 Å². The van der Waals surface area contributed by atoms with Gasteiger partial charge in [0.15, 0.2) is 11.5 Å². The molecule has 0 aliphatic heterocycles. The van der Waals surface area contributed by atoms with Crippen molar-refractivity contribution in [2.75, 3.05) is 13.7 Å². The predicted octanol–water partition coefficient (Wildman–Crippen LogP) is 2.73. The molecule has 132 valence electrons. The number of carbonyl (C=O) groups excluding carboxylic acids is 2. The summed E-state index contributed by atoms with van der Waals surface area (Å²) in [6.45, 7) is 4.34. The second-order valence-corrected chi connectivity index (χ2v) is 5.26. The number of ether oxygens (including phenoxy) is 2. The van der Waals surface area contributed by atoms with E-state index in [0.717, 1.165) is 12.0 Å². The summed E-state index contributed by atoms with van der Waals surface area (Å²) in [5.41, 5.74) is 6.77. The van der Waals surface area contributed by atoms with E-state index in [0.29, 0.717) is 29.2 Å². The number of carbonyl (C=O) groups is 2. The van der Waals surface area contributed by atoms with Crippen LogP contribution in [-0.4, -0.2) is 25.5 Å². The number of hydrogen-bond donors (Lipinski definition) is 2. The first-order valence-electron chi connectivity index (χ1n) is 8.09. The van der Waals surface area contributed by atoms with Crippen LogP contribution in [0.1, 0.15) is 40.1 Å². The first kappa shape index (κ1) is 18.3. The van der Waals surface area contributed by atoms with Gasteiger partial charge < -0.3 is 9.47 Å². The minimum atomic E-state index is -0.442. The molecule has 6 heteroatoms. The molecule has 6 nitrogen and oxygen atoms in total. The molecule has 0 aliphatic rings. The van der Waals surface area contributed by atoms with Crippen LogP contribution in [0, 0.1) is 0 Å².